The molecule has 0 fully saturated rings. The summed E-state index contributed by atoms with van der Waals surface area (Å²) in [6.45, 7) is 0.456. The number of carbonyl (C=O) groups excluding carboxylic acids is 2. The quantitative estimate of drug-likeness (QED) is 0.642. The summed E-state index contributed by atoms with van der Waals surface area (Å²) in [7, 11) is 0. The average Bonchev–Trinajstić information content (AvgIpc) is 2.73. The van der Waals surface area contributed by atoms with E-state index in [-0.39, 0.29) is 16.1 Å². The molecule has 2 amide bonds. The number of nitrogen functional groups attached to an aromatic ring is 1. The van der Waals surface area contributed by atoms with Crippen molar-refractivity contribution in [3.8, 4) is 0 Å². The largest absolute Gasteiger partial charge is 0.397 e. The maximum absolute atomic E-state index is 11.5. The number of primary amides is 2. The summed E-state index contributed by atoms with van der Waals surface area (Å²) < 4.78 is 0.945. The fraction of sp³-hybridized carbons (Fsp3) is 0.0769. The predicted molar refractivity (Wildman–Crippen MR) is 87.2 cm³/mol. The molecule has 2 aromatic rings. The highest BCUT2D eigenvalue weighted by Crippen LogP contribution is 2.35. The van der Waals surface area contributed by atoms with Gasteiger partial charge >= 0.3 is 0 Å². The van der Waals surface area contributed by atoms with Gasteiger partial charge in [0.2, 0.25) is 0 Å². The summed E-state index contributed by atoms with van der Waals surface area (Å²) >= 11 is 4.40. The topological polar surface area (TPSA) is 124 Å². The van der Waals surface area contributed by atoms with Crippen molar-refractivity contribution in [3.05, 3.63) is 44.7 Å². The Morgan fingerprint density at radius 3 is 2.52 bits per heavy atom. The van der Waals surface area contributed by atoms with Crippen LogP contribution in [0, 0.1) is 0 Å². The number of anilines is 2. The van der Waals surface area contributed by atoms with Crippen molar-refractivity contribution in [2.24, 2.45) is 11.5 Å². The Morgan fingerprint density at radius 1 is 1.24 bits per heavy atom. The van der Waals surface area contributed by atoms with Crippen LogP contribution in [0.1, 0.15) is 25.6 Å². The molecule has 0 saturated carbocycles. The molecular weight excluding hydrogens is 356 g/mol. The highest BCUT2D eigenvalue weighted by atomic mass is 79.9. The zero-order valence-corrected chi connectivity index (χ0v) is 13.3. The lowest BCUT2D eigenvalue weighted by Crippen LogP contribution is -2.16. The third kappa shape index (κ3) is 3.34. The van der Waals surface area contributed by atoms with Crippen LogP contribution in [0.15, 0.2) is 28.7 Å². The molecule has 21 heavy (non-hydrogen) atoms. The summed E-state index contributed by atoms with van der Waals surface area (Å²) in [6, 6.07) is 7.66. The second-order valence-corrected chi connectivity index (χ2v) is 6.20. The molecule has 0 spiro atoms. The number of carbonyl (C=O) groups is 2. The van der Waals surface area contributed by atoms with Gasteiger partial charge < -0.3 is 22.5 Å². The molecule has 6 nitrogen and oxygen atoms in total. The number of hydrogen-bond donors (Lipinski definition) is 4. The van der Waals surface area contributed by atoms with Crippen molar-refractivity contribution in [2.75, 3.05) is 11.1 Å². The summed E-state index contributed by atoms with van der Waals surface area (Å²) in [5.41, 5.74) is 17.4. The Morgan fingerprint density at radius 2 is 1.95 bits per heavy atom. The van der Waals surface area contributed by atoms with Crippen molar-refractivity contribution >= 4 is 49.8 Å². The molecule has 110 valence electrons. The molecule has 7 N–H and O–H groups in total. The van der Waals surface area contributed by atoms with Gasteiger partial charge in [0.05, 0.1) is 11.3 Å². The van der Waals surface area contributed by atoms with Crippen molar-refractivity contribution < 1.29 is 9.59 Å². The highest BCUT2D eigenvalue weighted by Gasteiger charge is 2.22. The van der Waals surface area contributed by atoms with E-state index in [2.05, 4.69) is 21.2 Å². The van der Waals surface area contributed by atoms with Gasteiger partial charge in [-0.2, -0.15) is 0 Å². The first-order chi connectivity index (χ1) is 9.90. The molecule has 0 radical (unpaired) electrons. The first-order valence-electron chi connectivity index (χ1n) is 5.90. The Labute approximate surface area is 133 Å². The molecule has 0 saturated heterocycles. The van der Waals surface area contributed by atoms with Crippen LogP contribution in [0.4, 0.5) is 10.7 Å². The number of hydrogen-bond acceptors (Lipinski definition) is 5. The Balaban J connectivity index is 2.29. The lowest BCUT2D eigenvalue weighted by Gasteiger charge is -2.06. The Kier molecular flexibility index (Phi) is 4.49. The summed E-state index contributed by atoms with van der Waals surface area (Å²) in [4.78, 5) is 22.9. The SMILES string of the molecule is NC(=O)c1sc(NCc2cccc(Br)c2)c(C(N)=O)c1N. The van der Waals surface area contributed by atoms with Crippen molar-refractivity contribution in [3.63, 3.8) is 0 Å². The van der Waals surface area contributed by atoms with E-state index in [9.17, 15) is 9.59 Å². The zero-order chi connectivity index (χ0) is 15.6. The molecule has 1 aromatic heterocycles. The molecule has 8 heteroatoms. The van der Waals surface area contributed by atoms with E-state index in [1.165, 1.54) is 0 Å². The molecule has 1 heterocycles. The maximum Gasteiger partial charge on any atom is 0.260 e. The van der Waals surface area contributed by atoms with Crippen LogP contribution in [0.25, 0.3) is 0 Å². The van der Waals surface area contributed by atoms with Crippen LogP contribution < -0.4 is 22.5 Å². The number of thiophene rings is 1. The molecule has 0 bridgehead atoms. The Hall–Kier alpha value is -2.06. The minimum Gasteiger partial charge on any atom is -0.397 e. The number of amides is 2. The van der Waals surface area contributed by atoms with Gasteiger partial charge in [0.15, 0.2) is 0 Å². The third-order valence-corrected chi connectivity index (χ3v) is 4.43. The monoisotopic (exact) mass is 368 g/mol. The maximum atomic E-state index is 11.5. The van der Waals surface area contributed by atoms with Gasteiger partial charge in [-0.3, -0.25) is 9.59 Å². The smallest absolute Gasteiger partial charge is 0.260 e. The zero-order valence-electron chi connectivity index (χ0n) is 10.9. The average molecular weight is 369 g/mol. The summed E-state index contributed by atoms with van der Waals surface area (Å²) in [6.07, 6.45) is 0. The van der Waals surface area contributed by atoms with Crippen molar-refractivity contribution in [1.29, 1.82) is 0 Å². The number of benzene rings is 1. The third-order valence-electron chi connectivity index (χ3n) is 2.76. The standard InChI is InChI=1S/C13H13BrN4O2S/c14-7-3-1-2-6(4-7)5-18-13-8(11(16)19)9(15)10(21-13)12(17)20/h1-4,18H,5,15H2,(H2,16,19)(H2,17,20). The van der Waals surface area contributed by atoms with Gasteiger partial charge in [-0.15, -0.1) is 11.3 Å². The fourth-order valence-electron chi connectivity index (χ4n) is 1.83. The Bertz CT molecular complexity index is 714. The van der Waals surface area contributed by atoms with E-state index in [0.29, 0.717) is 11.5 Å². The van der Waals surface area contributed by atoms with E-state index in [1.54, 1.807) is 0 Å². The molecular formula is C13H13BrN4O2S. The number of halogens is 1. The molecule has 0 unspecified atom stereocenters. The first-order valence-corrected chi connectivity index (χ1v) is 7.51. The lowest BCUT2D eigenvalue weighted by molar-refractivity contribution is 0.0999. The lowest BCUT2D eigenvalue weighted by atomic mass is 10.2. The van der Waals surface area contributed by atoms with Gasteiger partial charge in [0.1, 0.15) is 9.88 Å². The summed E-state index contributed by atoms with van der Waals surface area (Å²) in [5.74, 6) is -1.39. The van der Waals surface area contributed by atoms with Crippen LogP contribution in [0.3, 0.4) is 0 Å². The van der Waals surface area contributed by atoms with Crippen LogP contribution in [0.5, 0.6) is 0 Å². The minimum absolute atomic E-state index is 0.0248. The molecule has 0 aliphatic rings. The highest BCUT2D eigenvalue weighted by molar-refractivity contribution is 9.10. The van der Waals surface area contributed by atoms with E-state index in [4.69, 9.17) is 17.2 Å². The molecule has 0 aliphatic carbocycles. The van der Waals surface area contributed by atoms with E-state index in [0.717, 1.165) is 21.4 Å². The fourth-order valence-corrected chi connectivity index (χ4v) is 3.25. The van der Waals surface area contributed by atoms with Gasteiger partial charge in [-0.05, 0) is 17.7 Å². The van der Waals surface area contributed by atoms with E-state index in [1.807, 2.05) is 24.3 Å². The number of nitrogens with two attached hydrogens (primary N) is 3. The molecule has 2 rings (SSSR count). The van der Waals surface area contributed by atoms with Crippen LogP contribution in [0.2, 0.25) is 0 Å². The van der Waals surface area contributed by atoms with Crippen molar-refractivity contribution in [2.45, 2.75) is 6.54 Å². The molecule has 0 aliphatic heterocycles. The van der Waals surface area contributed by atoms with Crippen LogP contribution in [-0.2, 0) is 6.54 Å². The summed E-state index contributed by atoms with van der Waals surface area (Å²) in [5, 5.41) is 3.50. The van der Waals surface area contributed by atoms with Crippen molar-refractivity contribution in [1.82, 2.24) is 0 Å². The van der Waals surface area contributed by atoms with Gasteiger partial charge in [-0.25, -0.2) is 0 Å². The first kappa shape index (κ1) is 15.3. The number of nitrogens with one attached hydrogen (secondary N) is 1. The van der Waals surface area contributed by atoms with E-state index < -0.39 is 11.8 Å². The van der Waals surface area contributed by atoms with Crippen LogP contribution >= 0.6 is 27.3 Å². The van der Waals surface area contributed by atoms with Crippen LogP contribution in [-0.4, -0.2) is 11.8 Å². The van der Waals surface area contributed by atoms with E-state index >= 15 is 0 Å². The number of rotatable bonds is 5. The normalized spacial score (nSPS) is 10.3. The molecule has 1 aromatic carbocycles. The molecule has 0 atom stereocenters. The van der Waals surface area contributed by atoms with Gasteiger partial charge in [0.25, 0.3) is 11.8 Å². The van der Waals surface area contributed by atoms with Gasteiger partial charge in [0, 0.05) is 11.0 Å². The predicted octanol–water partition coefficient (Wildman–Crippen LogP) is 1.90. The second kappa shape index (κ2) is 6.15. The van der Waals surface area contributed by atoms with Gasteiger partial charge in [-0.1, -0.05) is 28.1 Å². The minimum atomic E-state index is -0.701. The second-order valence-electron chi connectivity index (χ2n) is 4.26.